The molecule has 0 aliphatic heterocycles. The third-order valence-electron chi connectivity index (χ3n) is 1.73. The molecule has 0 aliphatic rings. The predicted octanol–water partition coefficient (Wildman–Crippen LogP) is 2.56. The van der Waals surface area contributed by atoms with Crippen molar-refractivity contribution in [3.63, 3.8) is 0 Å². The Morgan fingerprint density at radius 3 is 2.45 bits per heavy atom. The molecule has 0 fully saturated rings. The summed E-state index contributed by atoms with van der Waals surface area (Å²) in [6.07, 6.45) is 5.53. The minimum atomic E-state index is -0.689. The van der Waals surface area contributed by atoms with Gasteiger partial charge in [-0.3, -0.25) is 0 Å². The first-order chi connectivity index (χ1) is 4.98. The van der Waals surface area contributed by atoms with Crippen LogP contribution in [0.15, 0.2) is 12.7 Å². The second kappa shape index (κ2) is 4.55. The van der Waals surface area contributed by atoms with Crippen LogP contribution in [0.1, 0.15) is 33.6 Å². The number of aliphatic hydroxyl groups is 1. The van der Waals surface area contributed by atoms with E-state index < -0.39 is 5.60 Å². The number of rotatable bonds is 5. The minimum Gasteiger partial charge on any atom is -0.386 e. The van der Waals surface area contributed by atoms with Crippen LogP contribution in [0.25, 0.3) is 0 Å². The highest BCUT2D eigenvalue weighted by Crippen LogP contribution is 2.15. The average Bonchev–Trinajstić information content (AvgIpc) is 1.87. The first kappa shape index (κ1) is 10.7. The molecule has 1 atom stereocenters. The molecule has 0 aromatic rings. The fourth-order valence-corrected chi connectivity index (χ4v) is 0.811. The van der Waals surface area contributed by atoms with E-state index in [1.807, 2.05) is 0 Å². The van der Waals surface area contributed by atoms with Gasteiger partial charge in [0.2, 0.25) is 0 Å². The van der Waals surface area contributed by atoms with E-state index >= 15 is 0 Å². The molecule has 1 radical (unpaired) electrons. The molecular weight excluding hydrogens is 136 g/mol. The second-order valence-electron chi connectivity index (χ2n) is 3.58. The Morgan fingerprint density at radius 2 is 2.09 bits per heavy atom. The van der Waals surface area contributed by atoms with Crippen LogP contribution in [-0.4, -0.2) is 10.7 Å². The standard InChI is InChI=1S/C10H19O/c1-5-10(4,11)8-6-7-9(2)3/h5,7,9,11H,1,6,8H2,2-4H3. The van der Waals surface area contributed by atoms with Gasteiger partial charge in [-0.1, -0.05) is 19.9 Å². The summed E-state index contributed by atoms with van der Waals surface area (Å²) in [6.45, 7) is 9.64. The molecule has 0 saturated carbocycles. The Bertz CT molecular complexity index is 114. The van der Waals surface area contributed by atoms with Gasteiger partial charge in [0, 0.05) is 0 Å². The summed E-state index contributed by atoms with van der Waals surface area (Å²) >= 11 is 0. The third-order valence-corrected chi connectivity index (χ3v) is 1.73. The van der Waals surface area contributed by atoms with E-state index in [1.165, 1.54) is 0 Å². The van der Waals surface area contributed by atoms with Crippen LogP contribution in [0.2, 0.25) is 0 Å². The largest absolute Gasteiger partial charge is 0.386 e. The fraction of sp³-hybridized carbons (Fsp3) is 0.700. The van der Waals surface area contributed by atoms with Crippen LogP contribution in [0, 0.1) is 12.3 Å². The summed E-state index contributed by atoms with van der Waals surface area (Å²) in [5.74, 6) is 0.607. The van der Waals surface area contributed by atoms with Crippen molar-refractivity contribution >= 4 is 0 Å². The lowest BCUT2D eigenvalue weighted by Gasteiger charge is -2.18. The fourth-order valence-electron chi connectivity index (χ4n) is 0.811. The maximum Gasteiger partial charge on any atom is 0.0797 e. The first-order valence-corrected chi connectivity index (χ1v) is 4.17. The quantitative estimate of drug-likeness (QED) is 0.605. The Kier molecular flexibility index (Phi) is 4.43. The van der Waals surface area contributed by atoms with E-state index in [4.69, 9.17) is 0 Å². The van der Waals surface area contributed by atoms with Gasteiger partial charge in [-0.25, -0.2) is 0 Å². The Hall–Kier alpha value is -0.300. The van der Waals surface area contributed by atoms with E-state index in [9.17, 15) is 5.11 Å². The molecule has 11 heavy (non-hydrogen) atoms. The van der Waals surface area contributed by atoms with Crippen LogP contribution >= 0.6 is 0 Å². The van der Waals surface area contributed by atoms with Gasteiger partial charge in [-0.15, -0.1) is 6.58 Å². The molecule has 0 spiro atoms. The van der Waals surface area contributed by atoms with E-state index in [0.717, 1.165) is 12.8 Å². The molecule has 0 aromatic carbocycles. The summed E-state index contributed by atoms with van der Waals surface area (Å²) in [5.41, 5.74) is -0.689. The smallest absolute Gasteiger partial charge is 0.0797 e. The molecule has 1 nitrogen and oxygen atoms in total. The van der Waals surface area contributed by atoms with Crippen LogP contribution in [-0.2, 0) is 0 Å². The van der Waals surface area contributed by atoms with Gasteiger partial charge in [0.1, 0.15) is 0 Å². The topological polar surface area (TPSA) is 20.2 Å². The Morgan fingerprint density at radius 1 is 1.55 bits per heavy atom. The van der Waals surface area contributed by atoms with Crippen LogP contribution in [0.3, 0.4) is 0 Å². The lowest BCUT2D eigenvalue weighted by atomic mass is 9.96. The monoisotopic (exact) mass is 155 g/mol. The minimum absolute atomic E-state index is 0.607. The SMILES string of the molecule is C=CC(C)(O)CC[CH]C(C)C. The van der Waals surface area contributed by atoms with Crippen LogP contribution < -0.4 is 0 Å². The van der Waals surface area contributed by atoms with Crippen molar-refractivity contribution in [3.05, 3.63) is 19.1 Å². The second-order valence-corrected chi connectivity index (χ2v) is 3.58. The van der Waals surface area contributed by atoms with Crippen molar-refractivity contribution in [2.75, 3.05) is 0 Å². The van der Waals surface area contributed by atoms with Gasteiger partial charge in [0.25, 0.3) is 0 Å². The third kappa shape index (κ3) is 6.11. The molecule has 0 aliphatic carbocycles. The molecule has 0 bridgehead atoms. The van der Waals surface area contributed by atoms with Crippen LogP contribution in [0.5, 0.6) is 0 Å². The first-order valence-electron chi connectivity index (χ1n) is 4.17. The summed E-state index contributed by atoms with van der Waals surface area (Å²) in [4.78, 5) is 0. The van der Waals surface area contributed by atoms with Gasteiger partial charge in [0.15, 0.2) is 0 Å². The highest BCUT2D eigenvalue weighted by Gasteiger charge is 2.14. The highest BCUT2D eigenvalue weighted by molar-refractivity contribution is 4.92. The summed E-state index contributed by atoms with van der Waals surface area (Å²) in [6, 6.07) is 0. The molecule has 0 saturated heterocycles. The molecule has 1 heteroatoms. The Labute approximate surface area is 70.1 Å². The molecule has 0 heterocycles. The lowest BCUT2D eigenvalue weighted by molar-refractivity contribution is 0.102. The van der Waals surface area contributed by atoms with Crippen molar-refractivity contribution in [3.8, 4) is 0 Å². The van der Waals surface area contributed by atoms with Gasteiger partial charge in [-0.05, 0) is 32.1 Å². The zero-order chi connectivity index (χ0) is 8.91. The van der Waals surface area contributed by atoms with E-state index in [2.05, 4.69) is 26.8 Å². The van der Waals surface area contributed by atoms with E-state index in [1.54, 1.807) is 13.0 Å². The van der Waals surface area contributed by atoms with Crippen molar-refractivity contribution in [2.24, 2.45) is 5.92 Å². The summed E-state index contributed by atoms with van der Waals surface area (Å²) < 4.78 is 0. The Balaban J connectivity index is 3.45. The van der Waals surface area contributed by atoms with Crippen molar-refractivity contribution in [2.45, 2.75) is 39.2 Å². The average molecular weight is 155 g/mol. The molecule has 1 N–H and O–H groups in total. The van der Waals surface area contributed by atoms with Gasteiger partial charge in [-0.2, -0.15) is 0 Å². The molecular formula is C10H19O. The zero-order valence-electron chi connectivity index (χ0n) is 7.80. The lowest BCUT2D eigenvalue weighted by Crippen LogP contribution is -2.19. The van der Waals surface area contributed by atoms with Crippen molar-refractivity contribution in [1.29, 1.82) is 0 Å². The summed E-state index contributed by atoms with van der Waals surface area (Å²) in [7, 11) is 0. The molecule has 1 unspecified atom stereocenters. The molecule has 0 rings (SSSR count). The number of hydrogen-bond acceptors (Lipinski definition) is 1. The van der Waals surface area contributed by atoms with E-state index in [0.29, 0.717) is 5.92 Å². The van der Waals surface area contributed by atoms with Gasteiger partial charge < -0.3 is 5.11 Å². The maximum atomic E-state index is 9.50. The number of hydrogen-bond donors (Lipinski definition) is 1. The van der Waals surface area contributed by atoms with E-state index in [-0.39, 0.29) is 0 Å². The van der Waals surface area contributed by atoms with Gasteiger partial charge >= 0.3 is 0 Å². The van der Waals surface area contributed by atoms with Crippen LogP contribution in [0.4, 0.5) is 0 Å². The highest BCUT2D eigenvalue weighted by atomic mass is 16.3. The predicted molar refractivity (Wildman–Crippen MR) is 49.2 cm³/mol. The molecule has 0 aromatic heterocycles. The zero-order valence-corrected chi connectivity index (χ0v) is 7.80. The van der Waals surface area contributed by atoms with Crippen molar-refractivity contribution < 1.29 is 5.11 Å². The maximum absolute atomic E-state index is 9.50. The summed E-state index contributed by atoms with van der Waals surface area (Å²) in [5, 5.41) is 9.50. The normalized spacial score (nSPS) is 16.5. The van der Waals surface area contributed by atoms with Gasteiger partial charge in [0.05, 0.1) is 5.60 Å². The molecule has 65 valence electrons. The van der Waals surface area contributed by atoms with Crippen molar-refractivity contribution in [1.82, 2.24) is 0 Å². The molecule has 0 amide bonds.